The zero-order chi connectivity index (χ0) is 32.5. The summed E-state index contributed by atoms with van der Waals surface area (Å²) >= 11 is 0. The van der Waals surface area contributed by atoms with Gasteiger partial charge in [-0.15, -0.1) is 0 Å². The minimum absolute atomic E-state index is 0.0105. The molecule has 7 unspecified atom stereocenters. The molecule has 2 rings (SSSR count). The normalized spacial score (nSPS) is 20.9. The molecule has 3 amide bonds. The molecule has 1 aliphatic heterocycles. The molecule has 0 spiro atoms. The van der Waals surface area contributed by atoms with Crippen LogP contribution < -0.4 is 11.5 Å². The number of primary amides is 1. The van der Waals surface area contributed by atoms with Crippen molar-refractivity contribution in [2.75, 3.05) is 27.7 Å². The van der Waals surface area contributed by atoms with Gasteiger partial charge in [0.05, 0.1) is 36.8 Å². The zero-order valence-electron chi connectivity index (χ0n) is 28.0. The molecule has 1 saturated carbocycles. The summed E-state index contributed by atoms with van der Waals surface area (Å²) in [5.74, 6) is -0.0429. The number of allylic oxidation sites excluding steroid dienone is 1. The molecule has 1 aliphatic carbocycles. The van der Waals surface area contributed by atoms with Gasteiger partial charge in [-0.2, -0.15) is 0 Å². The molecule has 7 atom stereocenters. The van der Waals surface area contributed by atoms with E-state index in [1.54, 1.807) is 16.8 Å². The van der Waals surface area contributed by atoms with Crippen LogP contribution in [0.15, 0.2) is 11.3 Å². The van der Waals surface area contributed by atoms with Crippen molar-refractivity contribution in [2.24, 2.45) is 35.1 Å². The lowest BCUT2D eigenvalue weighted by Gasteiger charge is -2.38. The highest BCUT2D eigenvalue weighted by Gasteiger charge is 2.40. The Morgan fingerprint density at radius 1 is 0.976 bits per heavy atom. The summed E-state index contributed by atoms with van der Waals surface area (Å²) in [7, 11) is 5.44. The summed E-state index contributed by atoms with van der Waals surface area (Å²) in [5, 5.41) is 22.0. The Kier molecular flexibility index (Phi) is 15.5. The van der Waals surface area contributed by atoms with Crippen molar-refractivity contribution in [3.63, 3.8) is 0 Å². The van der Waals surface area contributed by atoms with E-state index in [-0.39, 0.29) is 59.9 Å². The molecule has 1 saturated heterocycles. The van der Waals surface area contributed by atoms with E-state index in [2.05, 4.69) is 0 Å². The Balaban J connectivity index is 0.000000752. The van der Waals surface area contributed by atoms with Gasteiger partial charge in [0, 0.05) is 31.6 Å². The van der Waals surface area contributed by atoms with Crippen molar-refractivity contribution < 1.29 is 24.6 Å². The molecule has 2 aliphatic rings. The average molecular weight is 596 g/mol. The van der Waals surface area contributed by atoms with E-state index in [4.69, 9.17) is 11.5 Å². The van der Waals surface area contributed by atoms with Gasteiger partial charge in [0.1, 0.15) is 0 Å². The molecule has 42 heavy (non-hydrogen) atoms. The van der Waals surface area contributed by atoms with Gasteiger partial charge in [0.15, 0.2) is 0 Å². The lowest BCUT2D eigenvalue weighted by molar-refractivity contribution is -0.143. The van der Waals surface area contributed by atoms with Crippen molar-refractivity contribution in [3.8, 4) is 0 Å². The Morgan fingerprint density at radius 2 is 1.55 bits per heavy atom. The van der Waals surface area contributed by atoms with E-state index in [0.29, 0.717) is 13.0 Å². The Bertz CT molecular complexity index is 907. The van der Waals surface area contributed by atoms with Crippen LogP contribution in [0.2, 0.25) is 0 Å². The van der Waals surface area contributed by atoms with E-state index < -0.39 is 18.2 Å². The highest BCUT2D eigenvalue weighted by molar-refractivity contribution is 5.80. The lowest BCUT2D eigenvalue weighted by atomic mass is 9.90. The highest BCUT2D eigenvalue weighted by atomic mass is 16.3. The number of likely N-dealkylation sites (N-methyl/N-ethyl adjacent to an activating group) is 2. The second-order valence-corrected chi connectivity index (χ2v) is 13.4. The molecule has 0 aromatic carbocycles. The van der Waals surface area contributed by atoms with Gasteiger partial charge in [-0.05, 0) is 57.5 Å². The number of hydrogen-bond acceptors (Lipinski definition) is 7. The number of aliphatic hydroxyl groups is 2. The van der Waals surface area contributed by atoms with Crippen LogP contribution in [0.4, 0.5) is 0 Å². The van der Waals surface area contributed by atoms with Crippen molar-refractivity contribution in [1.82, 2.24) is 14.7 Å². The van der Waals surface area contributed by atoms with E-state index >= 15 is 0 Å². The second kappa shape index (κ2) is 17.2. The Hall–Kier alpha value is -2.17. The quantitative estimate of drug-likeness (QED) is 0.241. The van der Waals surface area contributed by atoms with Gasteiger partial charge in [-0.25, -0.2) is 0 Å². The maximum Gasteiger partial charge on any atom is 0.235 e. The Labute approximate surface area is 254 Å². The molecular weight excluding hydrogens is 534 g/mol. The van der Waals surface area contributed by atoms with Crippen LogP contribution in [0.25, 0.3) is 0 Å². The molecule has 0 aromatic rings. The number of aliphatic hydroxyl groups excluding tert-OH is 2. The van der Waals surface area contributed by atoms with Crippen LogP contribution in [-0.4, -0.2) is 101 Å². The largest absolute Gasteiger partial charge is 0.402 e. The standard InChI is InChI=1S/C25H45N3O4.C7H16N2O/c1-7-16(4)24(27(6)21(30)13-15(2)3)20(29)14-22(31)28-12-8-9-19(28)25(32)17(5)23(26)18-10-11-18;1-5(2)6(7(8)10)9(3)4/h15-17,19-20,24-25,29,32H,7-14,26H2,1-6H3;5-6H,1-4H3,(H2,8,10). The number of carbonyl (C=O) groups is 3. The number of amides is 3. The fourth-order valence-electron chi connectivity index (χ4n) is 6.16. The smallest absolute Gasteiger partial charge is 0.235 e. The molecule has 0 bridgehead atoms. The summed E-state index contributed by atoms with van der Waals surface area (Å²) in [5.41, 5.74) is 13.4. The van der Waals surface area contributed by atoms with Crippen LogP contribution in [0.5, 0.6) is 0 Å². The molecule has 2 fully saturated rings. The van der Waals surface area contributed by atoms with Gasteiger partial charge in [-0.3, -0.25) is 19.3 Å². The fourth-order valence-corrected chi connectivity index (χ4v) is 6.16. The van der Waals surface area contributed by atoms with Crippen LogP contribution in [0.3, 0.4) is 0 Å². The summed E-state index contributed by atoms with van der Waals surface area (Å²) in [4.78, 5) is 41.8. The third-order valence-corrected chi connectivity index (χ3v) is 8.83. The van der Waals surface area contributed by atoms with Crippen molar-refractivity contribution in [2.45, 2.75) is 124 Å². The number of nitrogens with zero attached hydrogens (tertiary/aromatic N) is 3. The highest BCUT2D eigenvalue weighted by Crippen LogP contribution is 2.35. The SMILES string of the molecule is CC(C)C(C(N)=O)N(C)C.CCC(C)C(C(O)CC(=O)N1CCCC1C(O)C(C)C(N)=C1CC1)N(C)C(=O)CC(C)C. The van der Waals surface area contributed by atoms with Crippen molar-refractivity contribution >= 4 is 17.7 Å². The van der Waals surface area contributed by atoms with Crippen LogP contribution >= 0.6 is 0 Å². The molecule has 1 heterocycles. The van der Waals surface area contributed by atoms with Crippen LogP contribution in [0, 0.1) is 23.7 Å². The monoisotopic (exact) mass is 595 g/mol. The van der Waals surface area contributed by atoms with Gasteiger partial charge in [0.25, 0.3) is 0 Å². The third-order valence-electron chi connectivity index (χ3n) is 8.83. The summed E-state index contributed by atoms with van der Waals surface area (Å²) in [6.45, 7) is 14.5. The molecule has 0 radical (unpaired) electrons. The summed E-state index contributed by atoms with van der Waals surface area (Å²) in [6, 6.07) is -0.847. The summed E-state index contributed by atoms with van der Waals surface area (Å²) in [6.07, 6.45) is 3.06. The Morgan fingerprint density at radius 3 is 1.95 bits per heavy atom. The van der Waals surface area contributed by atoms with E-state index in [0.717, 1.165) is 37.8 Å². The molecule has 10 heteroatoms. The average Bonchev–Trinajstić information content (AvgIpc) is 3.62. The lowest BCUT2D eigenvalue weighted by Crippen LogP contribution is -2.52. The molecular formula is C32H61N5O5. The topological polar surface area (TPSA) is 153 Å². The predicted octanol–water partition coefficient (Wildman–Crippen LogP) is 2.71. The minimum Gasteiger partial charge on any atom is -0.402 e. The maximum absolute atomic E-state index is 13.2. The number of likely N-dealkylation sites (tertiary alicyclic amines) is 1. The zero-order valence-corrected chi connectivity index (χ0v) is 28.0. The predicted molar refractivity (Wildman–Crippen MR) is 168 cm³/mol. The van der Waals surface area contributed by atoms with E-state index in [1.165, 1.54) is 5.57 Å². The first-order chi connectivity index (χ1) is 19.5. The third kappa shape index (κ3) is 10.8. The van der Waals surface area contributed by atoms with Gasteiger partial charge < -0.3 is 31.5 Å². The van der Waals surface area contributed by atoms with Crippen molar-refractivity contribution in [3.05, 3.63) is 11.3 Å². The second-order valence-electron chi connectivity index (χ2n) is 13.4. The van der Waals surface area contributed by atoms with Crippen LogP contribution in [-0.2, 0) is 14.4 Å². The first kappa shape index (κ1) is 37.9. The van der Waals surface area contributed by atoms with Gasteiger partial charge in [-0.1, -0.05) is 60.5 Å². The van der Waals surface area contributed by atoms with Crippen molar-refractivity contribution in [1.29, 1.82) is 0 Å². The molecule has 6 N–H and O–H groups in total. The minimum atomic E-state index is -0.951. The fraction of sp³-hybridized carbons (Fsp3) is 0.844. The molecule has 10 nitrogen and oxygen atoms in total. The first-order valence-electron chi connectivity index (χ1n) is 15.8. The van der Waals surface area contributed by atoms with Crippen LogP contribution in [0.1, 0.15) is 93.4 Å². The molecule has 244 valence electrons. The van der Waals surface area contributed by atoms with Gasteiger partial charge >= 0.3 is 0 Å². The maximum atomic E-state index is 13.2. The van der Waals surface area contributed by atoms with E-state index in [9.17, 15) is 24.6 Å². The summed E-state index contributed by atoms with van der Waals surface area (Å²) < 4.78 is 0. The number of rotatable bonds is 14. The number of hydrogen-bond donors (Lipinski definition) is 4. The number of carbonyl (C=O) groups excluding carboxylic acids is 3. The molecule has 0 aromatic heterocycles. The first-order valence-corrected chi connectivity index (χ1v) is 15.8. The van der Waals surface area contributed by atoms with Gasteiger partial charge in [0.2, 0.25) is 17.7 Å². The van der Waals surface area contributed by atoms with E-state index in [1.807, 2.05) is 67.5 Å². The number of nitrogens with two attached hydrogens (primary N) is 2.